The van der Waals surface area contributed by atoms with Crippen LogP contribution in [-0.4, -0.2) is 140 Å². The Morgan fingerprint density at radius 1 is 0.552 bits per heavy atom. The number of hydrogen-bond donors (Lipinski definition) is 9. The van der Waals surface area contributed by atoms with Crippen LogP contribution < -0.4 is 5.32 Å². The fraction of sp³-hybridized carbons (Fsp3) is 0.717. The first-order chi connectivity index (χ1) is 32.6. The van der Waals surface area contributed by atoms with E-state index in [1.54, 1.807) is 12.2 Å². The van der Waals surface area contributed by atoms with Crippen LogP contribution in [0.2, 0.25) is 0 Å². The summed E-state index contributed by atoms with van der Waals surface area (Å²) in [5.41, 5.74) is 0. The van der Waals surface area contributed by atoms with E-state index in [0.29, 0.717) is 12.8 Å². The smallest absolute Gasteiger partial charge is 0.224 e. The van der Waals surface area contributed by atoms with Gasteiger partial charge in [0, 0.05) is 6.42 Å². The topological polar surface area (TPSA) is 228 Å². The number of amides is 1. The van der Waals surface area contributed by atoms with E-state index in [-0.39, 0.29) is 18.9 Å². The molecule has 0 saturated carbocycles. The van der Waals surface area contributed by atoms with Gasteiger partial charge >= 0.3 is 0 Å². The first-order valence-corrected chi connectivity index (χ1v) is 25.3. The Kier molecular flexibility index (Phi) is 35.1. The largest absolute Gasteiger partial charge is 0.394 e. The lowest BCUT2D eigenvalue weighted by atomic mass is 9.97. The Balaban J connectivity index is 1.91. The van der Waals surface area contributed by atoms with Crippen LogP contribution in [0.25, 0.3) is 0 Å². The second-order valence-electron chi connectivity index (χ2n) is 17.6. The molecule has 14 heteroatoms. The number of hydrogen-bond acceptors (Lipinski definition) is 13. The van der Waals surface area contributed by atoms with E-state index in [1.165, 1.54) is 77.0 Å². The highest BCUT2D eigenvalue weighted by Gasteiger charge is 2.51. The lowest BCUT2D eigenvalue weighted by molar-refractivity contribution is -0.359. The summed E-state index contributed by atoms with van der Waals surface area (Å²) >= 11 is 0. The van der Waals surface area contributed by atoms with Gasteiger partial charge in [-0.3, -0.25) is 4.79 Å². The van der Waals surface area contributed by atoms with Gasteiger partial charge in [-0.25, -0.2) is 0 Å². The predicted octanol–water partition coefficient (Wildman–Crippen LogP) is 6.60. The predicted molar refractivity (Wildman–Crippen MR) is 263 cm³/mol. The minimum absolute atomic E-state index is 0.0370. The summed E-state index contributed by atoms with van der Waals surface area (Å²) in [5.74, 6) is -0.380. The van der Waals surface area contributed by atoms with Crippen LogP contribution in [-0.2, 0) is 23.7 Å². The van der Waals surface area contributed by atoms with Crippen molar-refractivity contribution in [3.63, 3.8) is 0 Å². The van der Waals surface area contributed by atoms with E-state index in [4.69, 9.17) is 18.9 Å². The zero-order valence-corrected chi connectivity index (χ0v) is 40.6. The Morgan fingerprint density at radius 2 is 1.04 bits per heavy atom. The van der Waals surface area contributed by atoms with Crippen molar-refractivity contribution in [1.29, 1.82) is 0 Å². The minimum atomic E-state index is -1.80. The van der Waals surface area contributed by atoms with Gasteiger partial charge in [0.25, 0.3) is 0 Å². The van der Waals surface area contributed by atoms with Gasteiger partial charge in [-0.2, -0.15) is 0 Å². The lowest BCUT2D eigenvalue weighted by Crippen LogP contribution is -2.65. The number of rotatable bonds is 37. The molecular weight excluding hydrogens is 859 g/mol. The van der Waals surface area contributed by atoms with Crippen LogP contribution >= 0.6 is 0 Å². The molecule has 384 valence electrons. The third-order valence-electron chi connectivity index (χ3n) is 11.8. The van der Waals surface area contributed by atoms with Crippen molar-refractivity contribution in [2.45, 2.75) is 222 Å². The van der Waals surface area contributed by atoms with E-state index < -0.39 is 86.8 Å². The maximum Gasteiger partial charge on any atom is 0.224 e. The summed E-state index contributed by atoms with van der Waals surface area (Å²) < 4.78 is 22.6. The van der Waals surface area contributed by atoms with Crippen molar-refractivity contribution < 1.29 is 64.6 Å². The van der Waals surface area contributed by atoms with Gasteiger partial charge in [0.2, 0.25) is 5.91 Å². The molecule has 67 heavy (non-hydrogen) atoms. The number of nitrogens with one attached hydrogen (secondary N) is 1. The fourth-order valence-electron chi connectivity index (χ4n) is 7.73. The summed E-state index contributed by atoms with van der Waals surface area (Å²) in [6.45, 7) is 2.56. The van der Waals surface area contributed by atoms with Gasteiger partial charge in [-0.05, 0) is 57.8 Å². The Hall–Kier alpha value is -2.83. The standard InChI is InChI=1S/C53H89NO13/c1-3-5-7-9-11-13-15-17-19-20-21-23-24-26-28-30-32-34-36-42(57)41(54-45(58)37-35-33-31-29-27-25-22-18-16-14-12-10-8-6-4-2)40-64-52-50(63)48(61)51(44(39-56)66-52)67-53-49(62)47(60)46(59)43(38-55)65-53/h6,8,12,14,18,22,26-29,33-36,41-44,46-53,55-57,59-63H,3-5,7,9-11,13,15-17,19-21,23-25,30-32,37-40H2,1-2H3,(H,54,58)/b8-6-,14-12-,22-18-,28-26+,29-27-,35-33-,36-34+. The zero-order chi connectivity index (χ0) is 48.9. The number of allylic oxidation sites excluding steroid dienone is 12. The molecule has 12 atom stereocenters. The van der Waals surface area contributed by atoms with Crippen LogP contribution in [0.4, 0.5) is 0 Å². The van der Waals surface area contributed by atoms with Gasteiger partial charge in [-0.1, -0.05) is 170 Å². The second kappa shape index (κ2) is 39.0. The number of aliphatic hydroxyl groups is 8. The zero-order valence-electron chi connectivity index (χ0n) is 40.6. The van der Waals surface area contributed by atoms with Gasteiger partial charge < -0.3 is 65.1 Å². The molecule has 2 rings (SSSR count). The van der Waals surface area contributed by atoms with Gasteiger partial charge in [0.15, 0.2) is 12.6 Å². The van der Waals surface area contributed by atoms with Crippen LogP contribution in [0.3, 0.4) is 0 Å². The maximum absolute atomic E-state index is 13.1. The fourth-order valence-corrected chi connectivity index (χ4v) is 7.73. The van der Waals surface area contributed by atoms with Crippen molar-refractivity contribution in [2.24, 2.45) is 0 Å². The summed E-state index contributed by atoms with van der Waals surface area (Å²) in [6, 6.07) is -0.989. The van der Waals surface area contributed by atoms with Crippen LogP contribution in [0, 0.1) is 0 Å². The monoisotopic (exact) mass is 948 g/mol. The molecule has 9 N–H and O–H groups in total. The molecule has 0 bridgehead atoms. The van der Waals surface area contributed by atoms with Gasteiger partial charge in [0.1, 0.15) is 48.8 Å². The number of carbonyl (C=O) groups is 1. The number of ether oxygens (including phenoxy) is 4. The third-order valence-corrected chi connectivity index (χ3v) is 11.8. The van der Waals surface area contributed by atoms with Crippen molar-refractivity contribution in [2.75, 3.05) is 19.8 Å². The Morgan fingerprint density at radius 3 is 1.61 bits per heavy atom. The molecule has 2 aliphatic heterocycles. The Bertz CT molecular complexity index is 1450. The quantitative estimate of drug-likeness (QED) is 0.0237. The highest BCUT2D eigenvalue weighted by Crippen LogP contribution is 2.30. The average molecular weight is 948 g/mol. The molecule has 12 unspecified atom stereocenters. The van der Waals surface area contributed by atoms with Crippen molar-refractivity contribution in [3.8, 4) is 0 Å². The minimum Gasteiger partial charge on any atom is -0.394 e. The molecular formula is C53H89NO13. The van der Waals surface area contributed by atoms with E-state index in [1.807, 2.05) is 18.2 Å². The van der Waals surface area contributed by atoms with Crippen LogP contribution in [0.15, 0.2) is 85.1 Å². The van der Waals surface area contributed by atoms with E-state index in [9.17, 15) is 45.6 Å². The molecule has 0 aromatic rings. The number of unbranched alkanes of at least 4 members (excludes halogenated alkanes) is 13. The SMILES string of the molecule is CC/C=C\C/C=C\C/C=C\C/C=C\C/C=C\CC(=O)NC(COC1OC(CO)C(OC2OC(CO)C(O)C(O)C2O)C(O)C1O)C(O)/C=C/CC/C=C/CCCCCCCCCCCCCC. The van der Waals surface area contributed by atoms with E-state index in [2.05, 4.69) is 73.8 Å². The molecule has 0 aliphatic carbocycles. The van der Waals surface area contributed by atoms with E-state index >= 15 is 0 Å². The third kappa shape index (κ3) is 26.1. The van der Waals surface area contributed by atoms with Crippen LogP contribution in [0.1, 0.15) is 149 Å². The number of carbonyl (C=O) groups excluding carboxylic acids is 1. The number of aliphatic hydroxyl groups excluding tert-OH is 8. The molecule has 0 spiro atoms. The highest BCUT2D eigenvalue weighted by molar-refractivity contribution is 5.77. The van der Waals surface area contributed by atoms with Crippen molar-refractivity contribution in [3.05, 3.63) is 85.1 Å². The molecule has 2 heterocycles. The first kappa shape index (κ1) is 60.3. The van der Waals surface area contributed by atoms with E-state index in [0.717, 1.165) is 38.5 Å². The molecule has 14 nitrogen and oxygen atoms in total. The van der Waals surface area contributed by atoms with Gasteiger partial charge in [0.05, 0.1) is 32.0 Å². The highest BCUT2D eigenvalue weighted by atomic mass is 16.7. The first-order valence-electron chi connectivity index (χ1n) is 25.3. The maximum atomic E-state index is 13.1. The normalized spacial score (nSPS) is 27.3. The molecule has 0 aromatic carbocycles. The van der Waals surface area contributed by atoms with Crippen molar-refractivity contribution in [1.82, 2.24) is 5.32 Å². The molecule has 0 aromatic heterocycles. The molecule has 2 fully saturated rings. The summed E-state index contributed by atoms with van der Waals surface area (Å²) in [4.78, 5) is 13.1. The van der Waals surface area contributed by atoms with Crippen LogP contribution in [0.5, 0.6) is 0 Å². The molecule has 2 aliphatic rings. The average Bonchev–Trinajstić information content (AvgIpc) is 3.32. The summed E-state index contributed by atoms with van der Waals surface area (Å²) in [6.07, 6.45) is 33.7. The Labute approximate surface area is 401 Å². The molecule has 1 amide bonds. The lowest BCUT2D eigenvalue weighted by Gasteiger charge is -2.46. The second-order valence-corrected chi connectivity index (χ2v) is 17.6. The molecule has 0 radical (unpaired) electrons. The molecule has 2 saturated heterocycles. The van der Waals surface area contributed by atoms with Crippen molar-refractivity contribution >= 4 is 5.91 Å². The summed E-state index contributed by atoms with van der Waals surface area (Å²) in [5, 5.41) is 86.6. The summed E-state index contributed by atoms with van der Waals surface area (Å²) in [7, 11) is 0. The van der Waals surface area contributed by atoms with Gasteiger partial charge in [-0.15, -0.1) is 0 Å².